The summed E-state index contributed by atoms with van der Waals surface area (Å²) in [5.74, 6) is -0.198. The Morgan fingerprint density at radius 2 is 2.30 bits per heavy atom. The molecule has 60 valence electrons. The molecule has 0 spiro atoms. The lowest BCUT2D eigenvalue weighted by molar-refractivity contribution is -0.140. The van der Waals surface area contributed by atoms with Crippen LogP contribution in [0.5, 0.6) is 0 Å². The Balaban J connectivity index is 3.06. The van der Waals surface area contributed by atoms with E-state index in [0.717, 1.165) is 0 Å². The zero-order valence-corrected chi connectivity index (χ0v) is 6.52. The summed E-state index contributed by atoms with van der Waals surface area (Å²) in [7, 11) is 0. The molecule has 0 aliphatic carbocycles. The minimum Gasteiger partial charge on any atom is -0.466 e. The molecule has 0 radical (unpaired) electrons. The van der Waals surface area contributed by atoms with Crippen LogP contribution >= 0.6 is 0 Å². The molecule has 10 heavy (non-hydrogen) atoms. The van der Waals surface area contributed by atoms with Crippen molar-refractivity contribution in [1.82, 2.24) is 0 Å². The summed E-state index contributed by atoms with van der Waals surface area (Å²) < 4.78 is 22.8. The van der Waals surface area contributed by atoms with Gasteiger partial charge in [-0.1, -0.05) is 0 Å². The molecule has 0 heterocycles. The van der Waals surface area contributed by atoms with Gasteiger partial charge in [-0.15, -0.1) is 0 Å². The lowest BCUT2D eigenvalue weighted by Gasteiger charge is -1.97. The topological polar surface area (TPSA) is 63.6 Å². The first-order valence-electron chi connectivity index (χ1n) is 2.83. The minimum absolute atomic E-state index is 0.160. The van der Waals surface area contributed by atoms with Gasteiger partial charge in [-0.05, 0) is 6.42 Å². The van der Waals surface area contributed by atoms with E-state index in [1.165, 1.54) is 6.92 Å². The van der Waals surface area contributed by atoms with E-state index in [9.17, 15) is 9.00 Å². The number of ether oxygens (including phenoxy) is 1. The van der Waals surface area contributed by atoms with E-state index in [2.05, 4.69) is 4.74 Å². The Hall–Kier alpha value is -0.420. The summed E-state index contributed by atoms with van der Waals surface area (Å²) in [6.45, 7) is 1.53. The fourth-order valence-corrected chi connectivity index (χ4v) is 0.763. The van der Waals surface area contributed by atoms with Crippen LogP contribution in [0.25, 0.3) is 0 Å². The lowest BCUT2D eigenvalue weighted by Crippen LogP contribution is -2.04. The van der Waals surface area contributed by atoms with Gasteiger partial charge in [-0.3, -0.25) is 4.79 Å². The van der Waals surface area contributed by atoms with Crippen molar-refractivity contribution in [3.8, 4) is 0 Å². The van der Waals surface area contributed by atoms with Crippen LogP contribution in [-0.4, -0.2) is 27.1 Å². The van der Waals surface area contributed by atoms with Gasteiger partial charge in [0.2, 0.25) is 0 Å². The second kappa shape index (κ2) is 5.37. The maximum atomic E-state index is 10.1. The quantitative estimate of drug-likeness (QED) is 0.367. The van der Waals surface area contributed by atoms with Crippen molar-refractivity contribution in [3.05, 3.63) is 0 Å². The van der Waals surface area contributed by atoms with E-state index >= 15 is 0 Å². The smallest absolute Gasteiger partial charge is 0.302 e. The van der Waals surface area contributed by atoms with E-state index in [1.54, 1.807) is 0 Å². The van der Waals surface area contributed by atoms with E-state index in [4.69, 9.17) is 4.55 Å². The molecule has 0 aromatic rings. The Morgan fingerprint density at radius 1 is 1.70 bits per heavy atom. The van der Waals surface area contributed by atoms with Crippen molar-refractivity contribution in [1.29, 1.82) is 0 Å². The number of esters is 1. The maximum Gasteiger partial charge on any atom is 0.302 e. The number of carbonyl (C=O) groups is 1. The number of rotatable bonds is 4. The summed E-state index contributed by atoms with van der Waals surface area (Å²) in [5, 5.41) is 0. The third-order valence-corrected chi connectivity index (χ3v) is 1.41. The summed E-state index contributed by atoms with van der Waals surface area (Å²) >= 11 is -1.77. The molecule has 0 aliphatic rings. The molecular weight excluding hydrogens is 156 g/mol. The molecule has 1 atom stereocenters. The molecule has 0 aliphatic heterocycles. The monoisotopic (exact) mass is 166 g/mol. The van der Waals surface area contributed by atoms with Crippen molar-refractivity contribution in [3.63, 3.8) is 0 Å². The van der Waals surface area contributed by atoms with Gasteiger partial charge in [-0.25, -0.2) is 4.21 Å². The van der Waals surface area contributed by atoms with Gasteiger partial charge in [0.15, 0.2) is 11.1 Å². The predicted octanol–water partition coefficient (Wildman–Crippen LogP) is 0.161. The molecule has 1 unspecified atom stereocenters. The SMILES string of the molecule is CC(=O)OCCCS(=O)O. The molecule has 0 rings (SSSR count). The first-order chi connectivity index (χ1) is 4.63. The van der Waals surface area contributed by atoms with E-state index in [1.807, 2.05) is 0 Å². The molecule has 1 N–H and O–H groups in total. The van der Waals surface area contributed by atoms with Gasteiger partial charge >= 0.3 is 5.97 Å². The van der Waals surface area contributed by atoms with Crippen molar-refractivity contribution in [2.45, 2.75) is 13.3 Å². The third-order valence-electron chi connectivity index (χ3n) is 0.769. The Kier molecular flexibility index (Phi) is 5.15. The minimum atomic E-state index is -1.77. The fourth-order valence-electron chi connectivity index (χ4n) is 0.398. The molecule has 0 bridgehead atoms. The van der Waals surface area contributed by atoms with Crippen LogP contribution in [0.15, 0.2) is 0 Å². The number of hydrogen-bond acceptors (Lipinski definition) is 3. The van der Waals surface area contributed by atoms with E-state index < -0.39 is 11.1 Å². The predicted molar refractivity (Wildman–Crippen MR) is 36.9 cm³/mol. The van der Waals surface area contributed by atoms with Crippen LogP contribution in [0, 0.1) is 0 Å². The zero-order chi connectivity index (χ0) is 7.98. The first-order valence-corrected chi connectivity index (χ1v) is 4.11. The van der Waals surface area contributed by atoms with E-state index in [0.29, 0.717) is 6.42 Å². The van der Waals surface area contributed by atoms with Gasteiger partial charge in [0.05, 0.1) is 12.4 Å². The normalized spacial score (nSPS) is 12.6. The summed E-state index contributed by atoms with van der Waals surface area (Å²) in [6, 6.07) is 0. The van der Waals surface area contributed by atoms with Crippen LogP contribution in [0.2, 0.25) is 0 Å². The van der Waals surface area contributed by atoms with Gasteiger partial charge < -0.3 is 9.29 Å². The van der Waals surface area contributed by atoms with Crippen LogP contribution in [0.1, 0.15) is 13.3 Å². The van der Waals surface area contributed by atoms with Gasteiger partial charge in [0.25, 0.3) is 0 Å². The molecule has 0 saturated heterocycles. The second-order valence-electron chi connectivity index (χ2n) is 1.72. The highest BCUT2D eigenvalue weighted by Crippen LogP contribution is 1.85. The summed E-state index contributed by atoms with van der Waals surface area (Å²) in [6.07, 6.45) is 0.433. The van der Waals surface area contributed by atoms with Gasteiger partial charge in [0, 0.05) is 6.92 Å². The molecule has 0 amide bonds. The highest BCUT2D eigenvalue weighted by molar-refractivity contribution is 7.79. The highest BCUT2D eigenvalue weighted by Gasteiger charge is 1.95. The fraction of sp³-hybridized carbons (Fsp3) is 0.800. The number of carbonyl (C=O) groups excluding carboxylic acids is 1. The highest BCUT2D eigenvalue weighted by atomic mass is 32.2. The Bertz CT molecular complexity index is 118. The molecule has 0 aromatic heterocycles. The Morgan fingerprint density at radius 3 is 2.70 bits per heavy atom. The van der Waals surface area contributed by atoms with Crippen molar-refractivity contribution in [2.24, 2.45) is 0 Å². The standard InChI is InChI=1S/C5H10O4S/c1-5(6)9-3-2-4-10(7)8/h2-4H2,1H3,(H,7,8). The molecule has 0 aromatic carbocycles. The molecule has 0 saturated carbocycles. The molecular formula is C5H10O4S. The average Bonchev–Trinajstić information content (AvgIpc) is 1.79. The third kappa shape index (κ3) is 7.58. The Labute approximate surface area is 61.9 Å². The van der Waals surface area contributed by atoms with Crippen LogP contribution < -0.4 is 0 Å². The lowest BCUT2D eigenvalue weighted by atomic mass is 10.5. The average molecular weight is 166 g/mol. The van der Waals surface area contributed by atoms with Crippen molar-refractivity contribution < 1.29 is 18.3 Å². The first kappa shape index (κ1) is 9.58. The maximum absolute atomic E-state index is 10.1. The van der Waals surface area contributed by atoms with E-state index in [-0.39, 0.29) is 18.3 Å². The van der Waals surface area contributed by atoms with Crippen molar-refractivity contribution in [2.75, 3.05) is 12.4 Å². The van der Waals surface area contributed by atoms with Gasteiger partial charge in [0.1, 0.15) is 0 Å². The van der Waals surface area contributed by atoms with Crippen LogP contribution in [0.4, 0.5) is 0 Å². The number of hydrogen-bond donors (Lipinski definition) is 1. The summed E-state index contributed by atoms with van der Waals surface area (Å²) in [4.78, 5) is 10.1. The summed E-state index contributed by atoms with van der Waals surface area (Å²) in [5.41, 5.74) is 0. The van der Waals surface area contributed by atoms with Gasteiger partial charge in [-0.2, -0.15) is 0 Å². The largest absolute Gasteiger partial charge is 0.466 e. The van der Waals surface area contributed by atoms with Crippen molar-refractivity contribution >= 4 is 17.0 Å². The second-order valence-corrected chi connectivity index (χ2v) is 2.77. The molecule has 4 nitrogen and oxygen atoms in total. The zero-order valence-electron chi connectivity index (χ0n) is 5.70. The molecule has 5 heteroatoms. The van der Waals surface area contributed by atoms with Crippen LogP contribution in [0.3, 0.4) is 0 Å². The van der Waals surface area contributed by atoms with Crippen LogP contribution in [-0.2, 0) is 20.6 Å². The molecule has 0 fully saturated rings.